The molecule has 0 aliphatic carbocycles. The van der Waals surface area contributed by atoms with Gasteiger partial charge >= 0.3 is 6.09 Å². The van der Waals surface area contributed by atoms with Gasteiger partial charge in [-0.25, -0.2) is 4.79 Å². The number of hydrogen-bond donors (Lipinski definition) is 1. The largest absolute Gasteiger partial charge is 0.444 e. The smallest absolute Gasteiger partial charge is 0.410 e. The number of rotatable bonds is 1. The van der Waals surface area contributed by atoms with E-state index in [1.807, 2.05) is 27.7 Å². The van der Waals surface area contributed by atoms with E-state index in [0.717, 1.165) is 18.4 Å². The third-order valence-electron chi connectivity index (χ3n) is 5.31. The lowest BCUT2D eigenvalue weighted by atomic mass is 9.68. The molecule has 1 spiro atoms. The van der Waals surface area contributed by atoms with Crippen LogP contribution in [0.3, 0.4) is 0 Å². The Hall–Kier alpha value is -2.04. The molecule has 1 N–H and O–H groups in total. The predicted molar refractivity (Wildman–Crippen MR) is 96.4 cm³/mol. The highest BCUT2D eigenvalue weighted by Gasteiger charge is 2.50. The van der Waals surface area contributed by atoms with E-state index in [-0.39, 0.29) is 23.3 Å². The first kappa shape index (κ1) is 17.8. The number of nitrogens with one attached hydrogen (secondary N) is 1. The summed E-state index contributed by atoms with van der Waals surface area (Å²) in [7, 11) is 0. The highest BCUT2D eigenvalue weighted by molar-refractivity contribution is 5.87. The Kier molecular flexibility index (Phi) is 4.52. The van der Waals surface area contributed by atoms with E-state index in [4.69, 9.17) is 4.74 Å². The number of ether oxygens (including phenoxy) is 1. The van der Waals surface area contributed by atoms with Crippen LogP contribution in [0, 0.1) is 12.3 Å². The first-order valence-corrected chi connectivity index (χ1v) is 9.02. The normalized spacial score (nSPS) is 22.8. The lowest BCUT2D eigenvalue weighted by molar-refractivity contribution is -0.121. The summed E-state index contributed by atoms with van der Waals surface area (Å²) in [5.74, 6) is -0.0246. The molecule has 5 nitrogen and oxygen atoms in total. The maximum Gasteiger partial charge on any atom is 0.410 e. The molecule has 1 atom stereocenters. The van der Waals surface area contributed by atoms with Crippen LogP contribution in [-0.4, -0.2) is 42.1 Å². The maximum absolute atomic E-state index is 12.5. The molecule has 136 valence electrons. The average molecular weight is 344 g/mol. The predicted octanol–water partition coefficient (Wildman–Crippen LogP) is 3.23. The Morgan fingerprint density at radius 3 is 2.36 bits per heavy atom. The van der Waals surface area contributed by atoms with Gasteiger partial charge in [0.05, 0.1) is 5.92 Å². The Balaban J connectivity index is 1.73. The molecular weight excluding hydrogens is 316 g/mol. The zero-order chi connectivity index (χ0) is 18.2. The summed E-state index contributed by atoms with van der Waals surface area (Å²) in [6.45, 7) is 9.63. The Morgan fingerprint density at radius 2 is 1.80 bits per heavy atom. The molecule has 0 radical (unpaired) electrons. The topological polar surface area (TPSA) is 58.6 Å². The number of benzene rings is 1. The van der Waals surface area contributed by atoms with Gasteiger partial charge in [-0.1, -0.05) is 29.8 Å². The number of aryl methyl sites for hydroxylation is 1. The molecule has 2 saturated heterocycles. The van der Waals surface area contributed by atoms with Gasteiger partial charge in [0, 0.05) is 25.0 Å². The van der Waals surface area contributed by atoms with Crippen molar-refractivity contribution in [1.82, 2.24) is 10.2 Å². The molecule has 5 heteroatoms. The minimum atomic E-state index is -0.485. The van der Waals surface area contributed by atoms with Gasteiger partial charge in [0.1, 0.15) is 5.60 Å². The van der Waals surface area contributed by atoms with Crippen LogP contribution in [0.2, 0.25) is 0 Å². The number of carbonyl (C=O) groups excluding carboxylic acids is 2. The number of amides is 2. The van der Waals surface area contributed by atoms with Crippen molar-refractivity contribution in [2.24, 2.45) is 5.41 Å². The van der Waals surface area contributed by atoms with Crippen molar-refractivity contribution in [3.8, 4) is 0 Å². The van der Waals surface area contributed by atoms with E-state index >= 15 is 0 Å². The van der Waals surface area contributed by atoms with Crippen molar-refractivity contribution < 1.29 is 14.3 Å². The Labute approximate surface area is 149 Å². The van der Waals surface area contributed by atoms with Crippen LogP contribution in [0.15, 0.2) is 24.3 Å². The van der Waals surface area contributed by atoms with Gasteiger partial charge < -0.3 is 15.0 Å². The van der Waals surface area contributed by atoms with E-state index in [9.17, 15) is 9.59 Å². The fourth-order valence-electron chi connectivity index (χ4n) is 3.94. The molecular formula is C20H28N2O3. The molecule has 25 heavy (non-hydrogen) atoms. The van der Waals surface area contributed by atoms with Gasteiger partial charge in [-0.15, -0.1) is 0 Å². The third kappa shape index (κ3) is 3.65. The van der Waals surface area contributed by atoms with Crippen molar-refractivity contribution in [2.45, 2.75) is 52.1 Å². The zero-order valence-corrected chi connectivity index (χ0v) is 15.6. The van der Waals surface area contributed by atoms with Gasteiger partial charge in [-0.3, -0.25) is 4.79 Å². The molecule has 3 rings (SSSR count). The molecule has 2 aliphatic heterocycles. The third-order valence-corrected chi connectivity index (χ3v) is 5.31. The minimum Gasteiger partial charge on any atom is -0.444 e. The van der Waals surface area contributed by atoms with Crippen molar-refractivity contribution in [3.63, 3.8) is 0 Å². The van der Waals surface area contributed by atoms with Crippen LogP contribution in [-0.2, 0) is 9.53 Å². The van der Waals surface area contributed by atoms with Crippen molar-refractivity contribution in [1.29, 1.82) is 0 Å². The molecule has 0 unspecified atom stereocenters. The van der Waals surface area contributed by atoms with Crippen molar-refractivity contribution in [3.05, 3.63) is 35.4 Å². The number of likely N-dealkylation sites (tertiary alicyclic amines) is 1. The van der Waals surface area contributed by atoms with Crippen molar-refractivity contribution >= 4 is 12.0 Å². The van der Waals surface area contributed by atoms with E-state index in [1.54, 1.807) is 4.90 Å². The fourth-order valence-corrected chi connectivity index (χ4v) is 3.94. The summed E-state index contributed by atoms with van der Waals surface area (Å²) in [5, 5.41) is 3.05. The SMILES string of the molecule is Cc1ccc([C@@H]2C(=O)NCC23CCN(C(=O)OC(C)(C)C)CC3)cc1. The molecule has 0 saturated carbocycles. The molecule has 0 bridgehead atoms. The zero-order valence-electron chi connectivity index (χ0n) is 15.6. The second kappa shape index (κ2) is 6.36. The van der Waals surface area contributed by atoms with Gasteiger partial charge in [0.15, 0.2) is 0 Å². The maximum atomic E-state index is 12.5. The molecule has 2 amide bonds. The van der Waals surface area contributed by atoms with Crippen LogP contribution in [0.1, 0.15) is 50.7 Å². The van der Waals surface area contributed by atoms with Gasteiger partial charge in [0.2, 0.25) is 5.91 Å². The second-order valence-electron chi connectivity index (χ2n) is 8.39. The first-order chi connectivity index (χ1) is 11.7. The number of piperidine rings is 1. The number of nitrogens with zero attached hydrogens (tertiary/aromatic N) is 1. The first-order valence-electron chi connectivity index (χ1n) is 9.02. The summed E-state index contributed by atoms with van der Waals surface area (Å²) in [4.78, 5) is 26.6. The Morgan fingerprint density at radius 1 is 1.20 bits per heavy atom. The lowest BCUT2D eigenvalue weighted by Gasteiger charge is -2.41. The number of hydrogen-bond acceptors (Lipinski definition) is 3. The van der Waals surface area contributed by atoms with Crippen molar-refractivity contribution in [2.75, 3.05) is 19.6 Å². The van der Waals surface area contributed by atoms with Crippen LogP contribution < -0.4 is 5.32 Å². The van der Waals surface area contributed by atoms with E-state index in [0.29, 0.717) is 19.6 Å². The molecule has 2 heterocycles. The monoisotopic (exact) mass is 344 g/mol. The lowest BCUT2D eigenvalue weighted by Crippen LogP contribution is -2.47. The molecule has 0 aromatic heterocycles. The molecule has 2 aliphatic rings. The van der Waals surface area contributed by atoms with Gasteiger partial charge in [0.25, 0.3) is 0 Å². The fraction of sp³-hybridized carbons (Fsp3) is 0.600. The average Bonchev–Trinajstić information content (AvgIpc) is 2.84. The van der Waals surface area contributed by atoms with E-state index < -0.39 is 5.60 Å². The quantitative estimate of drug-likeness (QED) is 0.851. The highest BCUT2D eigenvalue weighted by Crippen LogP contribution is 2.47. The number of carbonyl (C=O) groups is 2. The van der Waals surface area contributed by atoms with Crippen LogP contribution in [0.4, 0.5) is 4.79 Å². The summed E-state index contributed by atoms with van der Waals surface area (Å²) in [6.07, 6.45) is 1.36. The van der Waals surface area contributed by atoms with E-state index in [1.165, 1.54) is 5.56 Å². The highest BCUT2D eigenvalue weighted by atomic mass is 16.6. The Bertz CT molecular complexity index is 653. The molecule has 2 fully saturated rings. The second-order valence-corrected chi connectivity index (χ2v) is 8.39. The standard InChI is InChI=1S/C20H28N2O3/c1-14-5-7-15(8-6-14)16-17(23)21-13-20(16)9-11-22(12-10-20)18(24)25-19(2,3)4/h5-8,16H,9-13H2,1-4H3,(H,21,23)/t16-/m1/s1. The molecule has 1 aromatic carbocycles. The van der Waals surface area contributed by atoms with Gasteiger partial charge in [-0.05, 0) is 46.1 Å². The van der Waals surface area contributed by atoms with Crippen LogP contribution >= 0.6 is 0 Å². The summed E-state index contributed by atoms with van der Waals surface area (Å²) < 4.78 is 5.48. The summed E-state index contributed by atoms with van der Waals surface area (Å²) in [5.41, 5.74) is 1.68. The molecule has 1 aromatic rings. The van der Waals surface area contributed by atoms with Crippen LogP contribution in [0.5, 0.6) is 0 Å². The minimum absolute atomic E-state index is 0.106. The van der Waals surface area contributed by atoms with Crippen LogP contribution in [0.25, 0.3) is 0 Å². The van der Waals surface area contributed by atoms with Gasteiger partial charge in [-0.2, -0.15) is 0 Å². The summed E-state index contributed by atoms with van der Waals surface area (Å²) in [6, 6.07) is 8.24. The van der Waals surface area contributed by atoms with E-state index in [2.05, 4.69) is 29.6 Å². The summed E-state index contributed by atoms with van der Waals surface area (Å²) >= 11 is 0.